The molecule has 3 aromatic rings. The number of nitrogens with one attached hydrogen (secondary N) is 1. The lowest BCUT2D eigenvalue weighted by atomic mass is 9.92. The average Bonchev–Trinajstić information content (AvgIpc) is 2.79. The summed E-state index contributed by atoms with van der Waals surface area (Å²) >= 11 is 3.64. The predicted octanol–water partition coefficient (Wildman–Crippen LogP) is 6.78. The van der Waals surface area contributed by atoms with E-state index in [0.717, 1.165) is 17.3 Å². The zero-order valence-corrected chi connectivity index (χ0v) is 16.0. The summed E-state index contributed by atoms with van der Waals surface area (Å²) in [7, 11) is 0. The fourth-order valence-electron chi connectivity index (χ4n) is 3.73. The van der Waals surface area contributed by atoms with Gasteiger partial charge in [-0.05, 0) is 53.3 Å². The average molecular weight is 392 g/mol. The van der Waals surface area contributed by atoms with Crippen molar-refractivity contribution in [1.29, 1.82) is 0 Å². The number of anilines is 1. The summed E-state index contributed by atoms with van der Waals surface area (Å²) in [5.74, 6) is 0. The Labute approximate surface area is 158 Å². The molecule has 0 saturated heterocycles. The van der Waals surface area contributed by atoms with Crippen LogP contribution in [0.2, 0.25) is 0 Å². The number of hydrogen-bond acceptors (Lipinski definition) is 1. The van der Waals surface area contributed by atoms with Gasteiger partial charge in [-0.2, -0.15) is 0 Å². The molecule has 0 fully saturated rings. The number of hydrogen-bond donors (Lipinski definition) is 1. The highest BCUT2D eigenvalue weighted by Crippen LogP contribution is 2.40. The number of fused-ring (bicyclic) bond motifs is 3. The zero-order valence-electron chi connectivity index (χ0n) is 14.4. The van der Waals surface area contributed by atoms with Crippen LogP contribution in [0.15, 0.2) is 71.2 Å². The Morgan fingerprint density at radius 2 is 1.80 bits per heavy atom. The van der Waals surface area contributed by atoms with Crippen molar-refractivity contribution < 1.29 is 0 Å². The van der Waals surface area contributed by atoms with E-state index in [2.05, 4.69) is 94.9 Å². The zero-order chi connectivity index (χ0) is 17.2. The van der Waals surface area contributed by atoms with E-state index in [1.165, 1.54) is 39.9 Å². The lowest BCUT2D eigenvalue weighted by molar-refractivity contribution is 0.780. The van der Waals surface area contributed by atoms with Crippen LogP contribution < -0.4 is 5.32 Å². The van der Waals surface area contributed by atoms with Crippen LogP contribution in [0.3, 0.4) is 0 Å². The summed E-state index contributed by atoms with van der Waals surface area (Å²) in [4.78, 5) is 0. The van der Waals surface area contributed by atoms with Gasteiger partial charge in [0.15, 0.2) is 0 Å². The lowest BCUT2D eigenvalue weighted by Crippen LogP contribution is -2.12. The molecule has 1 aliphatic rings. The van der Waals surface area contributed by atoms with E-state index >= 15 is 0 Å². The normalized spacial score (nSPS) is 15.7. The minimum atomic E-state index is 0.291. The third-order valence-corrected chi connectivity index (χ3v) is 5.43. The predicted molar refractivity (Wildman–Crippen MR) is 110 cm³/mol. The molecule has 1 unspecified atom stereocenters. The van der Waals surface area contributed by atoms with Crippen LogP contribution >= 0.6 is 15.9 Å². The molecule has 0 aliphatic carbocycles. The van der Waals surface area contributed by atoms with E-state index in [1.807, 2.05) is 0 Å². The van der Waals surface area contributed by atoms with Crippen LogP contribution in [0.5, 0.6) is 0 Å². The van der Waals surface area contributed by atoms with Crippen LogP contribution in [-0.4, -0.2) is 0 Å². The fraction of sp³-hybridized carbons (Fsp3) is 0.217. The summed E-state index contributed by atoms with van der Waals surface area (Å²) in [5.41, 5.74) is 8.05. The number of aryl methyl sites for hydroxylation is 1. The molecule has 2 heteroatoms. The van der Waals surface area contributed by atoms with Crippen molar-refractivity contribution >= 4 is 21.6 Å². The summed E-state index contributed by atoms with van der Waals surface area (Å²) in [6, 6.07) is 24.6. The van der Waals surface area contributed by atoms with Crippen LogP contribution in [0.4, 0.5) is 5.69 Å². The van der Waals surface area contributed by atoms with Gasteiger partial charge in [0.2, 0.25) is 0 Å². The molecule has 3 aromatic carbocycles. The molecule has 126 valence electrons. The van der Waals surface area contributed by atoms with Crippen molar-refractivity contribution in [1.82, 2.24) is 0 Å². The van der Waals surface area contributed by atoms with Crippen molar-refractivity contribution in [2.75, 3.05) is 5.32 Å². The summed E-state index contributed by atoms with van der Waals surface area (Å²) in [5, 5.41) is 3.78. The fourth-order valence-corrected chi connectivity index (χ4v) is 4.09. The van der Waals surface area contributed by atoms with Gasteiger partial charge < -0.3 is 5.32 Å². The number of halogens is 1. The van der Waals surface area contributed by atoms with E-state index in [4.69, 9.17) is 0 Å². The molecule has 0 saturated carbocycles. The molecule has 0 radical (unpaired) electrons. The first-order valence-corrected chi connectivity index (χ1v) is 9.77. The molecule has 0 bridgehead atoms. The van der Waals surface area contributed by atoms with Crippen LogP contribution in [0, 0.1) is 0 Å². The van der Waals surface area contributed by atoms with E-state index in [0.29, 0.717) is 6.04 Å². The first-order valence-electron chi connectivity index (χ1n) is 8.98. The minimum Gasteiger partial charge on any atom is -0.377 e. The molecule has 1 heterocycles. The van der Waals surface area contributed by atoms with E-state index in [1.54, 1.807) is 0 Å². The summed E-state index contributed by atoms with van der Waals surface area (Å²) < 4.78 is 1.12. The van der Waals surface area contributed by atoms with E-state index < -0.39 is 0 Å². The summed E-state index contributed by atoms with van der Waals surface area (Å²) in [6.45, 7) is 2.24. The monoisotopic (exact) mass is 391 g/mol. The van der Waals surface area contributed by atoms with Gasteiger partial charge >= 0.3 is 0 Å². The maximum Gasteiger partial charge on any atom is 0.0554 e. The second-order valence-electron chi connectivity index (χ2n) is 6.74. The highest BCUT2D eigenvalue weighted by Gasteiger charge is 2.22. The second-order valence-corrected chi connectivity index (χ2v) is 7.66. The highest BCUT2D eigenvalue weighted by molar-refractivity contribution is 9.10. The van der Waals surface area contributed by atoms with Crippen molar-refractivity contribution in [3.8, 4) is 11.1 Å². The minimum absolute atomic E-state index is 0.291. The Hall–Kier alpha value is -2.06. The van der Waals surface area contributed by atoms with Gasteiger partial charge in [0.05, 0.1) is 6.04 Å². The smallest absolute Gasteiger partial charge is 0.0554 e. The van der Waals surface area contributed by atoms with Crippen LogP contribution in [-0.2, 0) is 12.8 Å². The van der Waals surface area contributed by atoms with Crippen molar-refractivity contribution in [2.24, 2.45) is 0 Å². The second kappa shape index (κ2) is 7.05. The molecule has 1 nitrogen and oxygen atoms in total. The Morgan fingerprint density at radius 3 is 2.60 bits per heavy atom. The Bertz CT molecular complexity index is 886. The maximum atomic E-state index is 3.78. The molecule has 1 atom stereocenters. The standard InChI is InChI=1S/C23H22BrN/c1-2-6-16-9-11-20-18(13-16)14-23(17-7-4-3-5-8-17)25-22-12-10-19(24)15-21(20)22/h3-5,7-13,15,23,25H,2,6,14H2,1H3. The van der Waals surface area contributed by atoms with Crippen LogP contribution in [0.25, 0.3) is 11.1 Å². The third kappa shape index (κ3) is 3.36. The molecule has 25 heavy (non-hydrogen) atoms. The number of benzene rings is 3. The van der Waals surface area contributed by atoms with Crippen molar-refractivity contribution in [3.63, 3.8) is 0 Å². The van der Waals surface area contributed by atoms with Crippen LogP contribution in [0.1, 0.15) is 36.1 Å². The van der Waals surface area contributed by atoms with Crippen molar-refractivity contribution in [3.05, 3.63) is 87.9 Å². The van der Waals surface area contributed by atoms with Gasteiger partial charge in [0.1, 0.15) is 0 Å². The van der Waals surface area contributed by atoms with E-state index in [9.17, 15) is 0 Å². The third-order valence-electron chi connectivity index (χ3n) is 4.94. The first-order chi connectivity index (χ1) is 12.2. The van der Waals surface area contributed by atoms with Gasteiger partial charge in [0, 0.05) is 15.7 Å². The van der Waals surface area contributed by atoms with Gasteiger partial charge in [-0.1, -0.05) is 77.8 Å². The SMILES string of the molecule is CCCc1ccc2c(c1)CC(c1ccccc1)Nc1ccc(Br)cc1-2. The topological polar surface area (TPSA) is 12.0 Å². The Balaban J connectivity index is 1.86. The van der Waals surface area contributed by atoms with Gasteiger partial charge in [-0.3, -0.25) is 0 Å². The molecule has 4 rings (SSSR count). The molecular weight excluding hydrogens is 370 g/mol. The molecule has 0 aromatic heterocycles. The number of rotatable bonds is 3. The molecule has 0 amide bonds. The molecule has 0 spiro atoms. The Morgan fingerprint density at radius 1 is 0.960 bits per heavy atom. The van der Waals surface area contributed by atoms with Crippen molar-refractivity contribution in [2.45, 2.75) is 32.2 Å². The van der Waals surface area contributed by atoms with Gasteiger partial charge in [0.25, 0.3) is 0 Å². The summed E-state index contributed by atoms with van der Waals surface area (Å²) in [6.07, 6.45) is 3.33. The Kier molecular flexibility index (Phi) is 4.63. The molecule has 1 aliphatic heterocycles. The first kappa shape index (κ1) is 16.4. The van der Waals surface area contributed by atoms with Gasteiger partial charge in [-0.15, -0.1) is 0 Å². The molecule has 1 N–H and O–H groups in total. The maximum absolute atomic E-state index is 3.78. The quantitative estimate of drug-likeness (QED) is 0.518. The van der Waals surface area contributed by atoms with E-state index in [-0.39, 0.29) is 0 Å². The highest BCUT2D eigenvalue weighted by atomic mass is 79.9. The largest absolute Gasteiger partial charge is 0.377 e. The molecular formula is C23H22BrN. The van der Waals surface area contributed by atoms with Gasteiger partial charge in [-0.25, -0.2) is 0 Å². The lowest BCUT2D eigenvalue weighted by Gasteiger charge is -2.19.